The first-order valence-electron chi connectivity index (χ1n) is 10.1. The summed E-state index contributed by atoms with van der Waals surface area (Å²) in [5.74, 6) is 0.702. The van der Waals surface area contributed by atoms with Crippen molar-refractivity contribution in [3.05, 3.63) is 70.8 Å². The van der Waals surface area contributed by atoms with Crippen LogP contribution in [0.15, 0.2) is 53.5 Å². The molecule has 0 radical (unpaired) electrons. The third-order valence-electron chi connectivity index (χ3n) is 4.79. The molecule has 0 atom stereocenters. The molecule has 0 spiro atoms. The van der Waals surface area contributed by atoms with Gasteiger partial charge in [-0.15, -0.1) is 24.0 Å². The van der Waals surface area contributed by atoms with Crippen molar-refractivity contribution in [3.8, 4) is 0 Å². The lowest BCUT2D eigenvalue weighted by atomic mass is 10.1. The summed E-state index contributed by atoms with van der Waals surface area (Å²) in [5, 5.41) is 9.36. The average molecular weight is 523 g/mol. The Balaban J connectivity index is 0.00000450. The molecule has 0 heterocycles. The lowest BCUT2D eigenvalue weighted by Crippen LogP contribution is -2.37. The fourth-order valence-electron chi connectivity index (χ4n) is 3.01. The van der Waals surface area contributed by atoms with Crippen LogP contribution in [0.5, 0.6) is 0 Å². The Labute approximate surface area is 197 Å². The number of carbonyl (C=O) groups is 1. The van der Waals surface area contributed by atoms with Gasteiger partial charge >= 0.3 is 0 Å². The number of benzene rings is 2. The van der Waals surface area contributed by atoms with Crippen molar-refractivity contribution >= 4 is 35.8 Å². The second-order valence-corrected chi connectivity index (χ2v) is 7.03. The van der Waals surface area contributed by atoms with Gasteiger partial charge in [0.1, 0.15) is 0 Å². The molecule has 0 fully saturated rings. The summed E-state index contributed by atoms with van der Waals surface area (Å²) in [6.45, 7) is 5.60. The van der Waals surface area contributed by atoms with Crippen molar-refractivity contribution in [3.63, 3.8) is 0 Å². The fourth-order valence-corrected chi connectivity index (χ4v) is 3.01. The van der Waals surface area contributed by atoms with Gasteiger partial charge in [0.2, 0.25) is 0 Å². The van der Waals surface area contributed by atoms with Crippen LogP contribution >= 0.6 is 24.0 Å². The van der Waals surface area contributed by atoms with Crippen LogP contribution in [-0.4, -0.2) is 51.0 Å². The van der Waals surface area contributed by atoms with Gasteiger partial charge in [0.25, 0.3) is 5.91 Å². The van der Waals surface area contributed by atoms with Crippen LogP contribution < -0.4 is 16.0 Å². The van der Waals surface area contributed by atoms with Crippen LogP contribution in [0, 0.1) is 0 Å². The standard InChI is InChI=1S/C23H33N5O.HI/c1-5-28(4)17-20-10-6-9-19(14-20)16-27-23(25-3)26-13-12-18-8-7-11-21(15-18)22(29)24-2;/h6-11,14-15H,5,12-13,16-17H2,1-4H3,(H,24,29)(H2,25,26,27);1H. The van der Waals surface area contributed by atoms with Gasteiger partial charge in [-0.3, -0.25) is 9.79 Å². The van der Waals surface area contributed by atoms with Crippen LogP contribution in [0.1, 0.15) is 34.0 Å². The largest absolute Gasteiger partial charge is 0.356 e. The molecule has 2 rings (SSSR count). The van der Waals surface area contributed by atoms with E-state index >= 15 is 0 Å². The Morgan fingerprint density at radius 1 is 1.03 bits per heavy atom. The normalized spacial score (nSPS) is 11.0. The highest BCUT2D eigenvalue weighted by molar-refractivity contribution is 14.0. The fraction of sp³-hybridized carbons (Fsp3) is 0.391. The molecule has 0 unspecified atom stereocenters. The molecule has 1 amide bonds. The van der Waals surface area contributed by atoms with E-state index in [1.807, 2.05) is 24.3 Å². The summed E-state index contributed by atoms with van der Waals surface area (Å²) < 4.78 is 0. The van der Waals surface area contributed by atoms with Gasteiger partial charge < -0.3 is 20.9 Å². The first-order valence-corrected chi connectivity index (χ1v) is 10.1. The maximum atomic E-state index is 11.8. The summed E-state index contributed by atoms with van der Waals surface area (Å²) in [5.41, 5.74) is 4.34. The Hall–Kier alpha value is -2.13. The number of hydrogen-bond acceptors (Lipinski definition) is 3. The predicted molar refractivity (Wildman–Crippen MR) is 136 cm³/mol. The summed E-state index contributed by atoms with van der Waals surface area (Å²) in [6, 6.07) is 16.3. The van der Waals surface area contributed by atoms with Crippen LogP contribution in [0.25, 0.3) is 0 Å². The zero-order chi connectivity index (χ0) is 21.1. The van der Waals surface area contributed by atoms with E-state index in [0.717, 1.165) is 44.1 Å². The number of nitrogens with one attached hydrogen (secondary N) is 3. The van der Waals surface area contributed by atoms with Gasteiger partial charge in [0.15, 0.2) is 5.96 Å². The highest BCUT2D eigenvalue weighted by atomic mass is 127. The van der Waals surface area contributed by atoms with E-state index in [1.54, 1.807) is 14.1 Å². The Bertz CT molecular complexity index is 825. The number of nitrogens with zero attached hydrogens (tertiary/aromatic N) is 2. The molecule has 0 aliphatic heterocycles. The molecule has 164 valence electrons. The van der Waals surface area contributed by atoms with E-state index in [-0.39, 0.29) is 29.9 Å². The summed E-state index contributed by atoms with van der Waals surface area (Å²) in [6.07, 6.45) is 0.810. The summed E-state index contributed by atoms with van der Waals surface area (Å²) >= 11 is 0. The third-order valence-corrected chi connectivity index (χ3v) is 4.79. The SMILES string of the molecule is CCN(C)Cc1cccc(CNC(=NC)NCCc2cccc(C(=O)NC)c2)c1.I. The second kappa shape index (κ2) is 14.0. The molecule has 30 heavy (non-hydrogen) atoms. The minimum absolute atomic E-state index is 0. The zero-order valence-corrected chi connectivity index (χ0v) is 20.7. The highest BCUT2D eigenvalue weighted by Gasteiger charge is 2.05. The van der Waals surface area contributed by atoms with Gasteiger partial charge in [-0.2, -0.15) is 0 Å². The number of guanidine groups is 1. The van der Waals surface area contributed by atoms with E-state index in [2.05, 4.69) is 64.1 Å². The predicted octanol–water partition coefficient (Wildman–Crippen LogP) is 3.02. The Morgan fingerprint density at radius 2 is 1.73 bits per heavy atom. The van der Waals surface area contributed by atoms with Crippen molar-refractivity contribution in [1.82, 2.24) is 20.9 Å². The first-order chi connectivity index (χ1) is 14.0. The van der Waals surface area contributed by atoms with E-state index < -0.39 is 0 Å². The van der Waals surface area contributed by atoms with E-state index in [4.69, 9.17) is 0 Å². The van der Waals surface area contributed by atoms with Crippen LogP contribution in [0.4, 0.5) is 0 Å². The monoisotopic (exact) mass is 523 g/mol. The smallest absolute Gasteiger partial charge is 0.251 e. The molecular formula is C23H34IN5O. The highest BCUT2D eigenvalue weighted by Crippen LogP contribution is 2.08. The van der Waals surface area contributed by atoms with E-state index in [9.17, 15) is 4.79 Å². The van der Waals surface area contributed by atoms with Gasteiger partial charge in [0, 0.05) is 39.3 Å². The maximum absolute atomic E-state index is 11.8. The Morgan fingerprint density at radius 3 is 2.43 bits per heavy atom. The molecule has 0 saturated carbocycles. The van der Waals surface area contributed by atoms with E-state index in [0.29, 0.717) is 5.56 Å². The molecule has 3 N–H and O–H groups in total. The minimum atomic E-state index is -0.0651. The average Bonchev–Trinajstić information content (AvgIpc) is 2.75. The third kappa shape index (κ3) is 8.71. The number of amides is 1. The summed E-state index contributed by atoms with van der Waals surface area (Å²) in [4.78, 5) is 18.3. The van der Waals surface area contributed by atoms with Crippen molar-refractivity contribution in [2.24, 2.45) is 4.99 Å². The lowest BCUT2D eigenvalue weighted by molar-refractivity contribution is 0.0963. The van der Waals surface area contributed by atoms with Crippen molar-refractivity contribution < 1.29 is 4.79 Å². The molecule has 2 aromatic rings. The Kier molecular flexibility index (Phi) is 12.1. The maximum Gasteiger partial charge on any atom is 0.251 e. The van der Waals surface area contributed by atoms with Gasteiger partial charge in [0.05, 0.1) is 0 Å². The number of rotatable bonds is 9. The van der Waals surface area contributed by atoms with Gasteiger partial charge in [-0.1, -0.05) is 43.3 Å². The van der Waals surface area contributed by atoms with Crippen molar-refractivity contribution in [2.75, 3.05) is 34.2 Å². The van der Waals surface area contributed by atoms with Gasteiger partial charge in [-0.25, -0.2) is 0 Å². The topological polar surface area (TPSA) is 68.8 Å². The number of halogens is 1. The summed E-state index contributed by atoms with van der Waals surface area (Å²) in [7, 11) is 5.54. The van der Waals surface area contributed by atoms with Crippen LogP contribution in [0.2, 0.25) is 0 Å². The molecule has 6 nitrogen and oxygen atoms in total. The van der Waals surface area contributed by atoms with Crippen molar-refractivity contribution in [2.45, 2.75) is 26.4 Å². The number of hydrogen-bond donors (Lipinski definition) is 3. The molecule has 2 aromatic carbocycles. The molecule has 0 bridgehead atoms. The zero-order valence-electron chi connectivity index (χ0n) is 18.4. The molecular weight excluding hydrogens is 489 g/mol. The first kappa shape index (κ1) is 25.9. The quantitative estimate of drug-likeness (QED) is 0.269. The van der Waals surface area contributed by atoms with Crippen LogP contribution in [0.3, 0.4) is 0 Å². The minimum Gasteiger partial charge on any atom is -0.356 e. The number of aliphatic imine (C=N–C) groups is 1. The second-order valence-electron chi connectivity index (χ2n) is 7.03. The van der Waals surface area contributed by atoms with Crippen molar-refractivity contribution in [1.29, 1.82) is 0 Å². The molecule has 0 aliphatic rings. The van der Waals surface area contributed by atoms with Crippen LogP contribution in [-0.2, 0) is 19.5 Å². The molecule has 0 saturated heterocycles. The lowest BCUT2D eigenvalue weighted by Gasteiger charge is -2.15. The molecule has 0 aliphatic carbocycles. The molecule has 0 aromatic heterocycles. The number of carbonyl (C=O) groups excluding carboxylic acids is 1. The van der Waals surface area contributed by atoms with Gasteiger partial charge in [-0.05, 0) is 48.8 Å². The van der Waals surface area contributed by atoms with E-state index in [1.165, 1.54) is 11.1 Å². The molecule has 7 heteroatoms.